The van der Waals surface area contributed by atoms with Crippen molar-refractivity contribution in [3.05, 3.63) is 71.8 Å². The zero-order chi connectivity index (χ0) is 28.3. The van der Waals surface area contributed by atoms with Gasteiger partial charge in [-0.2, -0.15) is 13.2 Å². The molecule has 11 nitrogen and oxygen atoms in total. The van der Waals surface area contributed by atoms with Crippen LogP contribution < -0.4 is 9.64 Å². The Balaban J connectivity index is 1.25. The molecule has 0 saturated heterocycles. The van der Waals surface area contributed by atoms with Gasteiger partial charge in [-0.3, -0.25) is 9.47 Å². The Kier molecular flexibility index (Phi) is 5.73. The van der Waals surface area contributed by atoms with Gasteiger partial charge in [0.15, 0.2) is 11.5 Å². The van der Waals surface area contributed by atoms with Crippen molar-refractivity contribution in [2.24, 2.45) is 7.05 Å². The highest BCUT2D eigenvalue weighted by Crippen LogP contribution is 2.45. The first kappa shape index (κ1) is 25.1. The summed E-state index contributed by atoms with van der Waals surface area (Å²) in [7, 11) is 3.11. The van der Waals surface area contributed by atoms with Crippen molar-refractivity contribution in [3.8, 4) is 28.7 Å². The maximum atomic E-state index is 13.2. The number of methoxy groups -OCH3 is 1. The summed E-state index contributed by atoms with van der Waals surface area (Å²) in [5.74, 6) is 2.73. The molecule has 5 heterocycles. The molecule has 0 N–H and O–H groups in total. The standard InChI is InChI=1S/C27H23F3N10O/c1-38-12-19(27(28,29)30)35-23(38)17-5-3-15(4-6-17)10-40-24-18(11-39-14-34-37-26(39)40)9-31-22(36-24)20-21(16-7-8-16)32-13-33-25(20)41-2/h3-6,9,12-14,16H,7-8,10-11H2,1-2H3. The van der Waals surface area contributed by atoms with Gasteiger partial charge in [0.2, 0.25) is 11.8 Å². The number of aromatic nitrogens is 9. The molecule has 5 aromatic rings. The predicted octanol–water partition coefficient (Wildman–Crippen LogP) is 4.53. The van der Waals surface area contributed by atoms with Gasteiger partial charge in [-0.25, -0.2) is 24.9 Å². The second-order valence-corrected chi connectivity index (χ2v) is 10.1. The number of hydrogen-bond donors (Lipinski definition) is 0. The average Bonchev–Trinajstić information content (AvgIpc) is 3.57. The van der Waals surface area contributed by atoms with Crippen LogP contribution in [-0.4, -0.2) is 51.4 Å². The second-order valence-electron chi connectivity index (χ2n) is 10.1. The maximum absolute atomic E-state index is 13.2. The molecule has 0 bridgehead atoms. The third kappa shape index (κ3) is 4.44. The van der Waals surface area contributed by atoms with Crippen LogP contribution in [0.3, 0.4) is 0 Å². The van der Waals surface area contributed by atoms with E-state index in [2.05, 4.69) is 30.1 Å². The number of halogens is 3. The molecule has 0 unspecified atom stereocenters. The minimum Gasteiger partial charge on any atom is -0.480 e. The van der Waals surface area contributed by atoms with E-state index in [9.17, 15) is 13.2 Å². The molecule has 1 aromatic carbocycles. The number of aryl methyl sites for hydroxylation is 1. The highest BCUT2D eigenvalue weighted by Gasteiger charge is 2.35. The van der Waals surface area contributed by atoms with E-state index in [-0.39, 0.29) is 5.82 Å². The van der Waals surface area contributed by atoms with Crippen molar-refractivity contribution in [1.29, 1.82) is 0 Å². The third-order valence-electron chi connectivity index (χ3n) is 7.22. The summed E-state index contributed by atoms with van der Waals surface area (Å²) < 4.78 is 48.3. The Labute approximate surface area is 231 Å². The van der Waals surface area contributed by atoms with E-state index in [0.29, 0.717) is 53.6 Å². The van der Waals surface area contributed by atoms with Crippen molar-refractivity contribution in [2.45, 2.75) is 38.0 Å². The highest BCUT2D eigenvalue weighted by molar-refractivity contribution is 5.70. The van der Waals surface area contributed by atoms with Gasteiger partial charge in [-0.15, -0.1) is 10.2 Å². The third-order valence-corrected chi connectivity index (χ3v) is 7.22. The van der Waals surface area contributed by atoms with Crippen molar-refractivity contribution in [2.75, 3.05) is 12.0 Å². The van der Waals surface area contributed by atoms with Crippen LogP contribution >= 0.6 is 0 Å². The Morgan fingerprint density at radius 2 is 1.85 bits per heavy atom. The summed E-state index contributed by atoms with van der Waals surface area (Å²) in [4.78, 5) is 24.2. The lowest BCUT2D eigenvalue weighted by atomic mass is 10.1. The smallest absolute Gasteiger partial charge is 0.434 e. The Hall–Kier alpha value is -4.88. The van der Waals surface area contributed by atoms with E-state index in [4.69, 9.17) is 9.72 Å². The number of rotatable bonds is 6. The normalized spacial score (nSPS) is 14.6. The fourth-order valence-corrected chi connectivity index (χ4v) is 5.08. The van der Waals surface area contributed by atoms with Crippen LogP contribution in [0.1, 0.15) is 41.3 Å². The van der Waals surface area contributed by atoms with Crippen LogP contribution in [0.25, 0.3) is 22.8 Å². The van der Waals surface area contributed by atoms with Gasteiger partial charge in [0, 0.05) is 36.5 Å². The quantitative estimate of drug-likeness (QED) is 0.296. The molecule has 2 aliphatic rings. The van der Waals surface area contributed by atoms with Gasteiger partial charge in [-0.05, 0) is 18.4 Å². The fraction of sp³-hybridized carbons (Fsp3) is 0.296. The first-order valence-corrected chi connectivity index (χ1v) is 12.9. The number of ether oxygens (including phenoxy) is 1. The van der Waals surface area contributed by atoms with E-state index in [1.165, 1.54) is 10.9 Å². The molecule has 0 spiro atoms. The lowest BCUT2D eigenvalue weighted by Crippen LogP contribution is -2.28. The van der Waals surface area contributed by atoms with Crippen LogP contribution in [0.2, 0.25) is 0 Å². The molecule has 4 aromatic heterocycles. The monoisotopic (exact) mass is 560 g/mol. The van der Waals surface area contributed by atoms with E-state index in [0.717, 1.165) is 35.9 Å². The molecule has 1 fully saturated rings. The summed E-state index contributed by atoms with van der Waals surface area (Å²) in [5.41, 5.74) is 2.98. The van der Waals surface area contributed by atoms with Crippen molar-refractivity contribution >= 4 is 11.8 Å². The molecular weight excluding hydrogens is 537 g/mol. The van der Waals surface area contributed by atoms with Gasteiger partial charge in [0.05, 0.1) is 25.9 Å². The number of benzene rings is 1. The van der Waals surface area contributed by atoms with E-state index >= 15 is 0 Å². The molecule has 1 aliphatic heterocycles. The molecule has 1 aliphatic carbocycles. The van der Waals surface area contributed by atoms with Gasteiger partial charge in [0.25, 0.3) is 0 Å². The average molecular weight is 561 g/mol. The molecule has 41 heavy (non-hydrogen) atoms. The molecule has 0 amide bonds. The number of alkyl halides is 3. The number of hydrogen-bond acceptors (Lipinski definition) is 9. The molecule has 0 radical (unpaired) electrons. The topological polar surface area (TPSA) is 113 Å². The van der Waals surface area contributed by atoms with Gasteiger partial charge in [0.1, 0.15) is 29.9 Å². The summed E-state index contributed by atoms with van der Waals surface area (Å²) >= 11 is 0. The Morgan fingerprint density at radius 1 is 1.05 bits per heavy atom. The lowest BCUT2D eigenvalue weighted by Gasteiger charge is -2.29. The van der Waals surface area contributed by atoms with Crippen molar-refractivity contribution < 1.29 is 17.9 Å². The molecule has 0 atom stereocenters. The van der Waals surface area contributed by atoms with Crippen LogP contribution in [0, 0.1) is 0 Å². The molecular formula is C27H23F3N10O. The van der Waals surface area contributed by atoms with E-state index in [1.54, 1.807) is 38.8 Å². The minimum absolute atomic E-state index is 0.231. The predicted molar refractivity (Wildman–Crippen MR) is 140 cm³/mol. The zero-order valence-electron chi connectivity index (χ0n) is 22.0. The van der Waals surface area contributed by atoms with Crippen molar-refractivity contribution in [3.63, 3.8) is 0 Å². The number of nitrogens with zero attached hydrogens (tertiary/aromatic N) is 10. The van der Waals surface area contributed by atoms with Gasteiger partial charge < -0.3 is 9.30 Å². The zero-order valence-corrected chi connectivity index (χ0v) is 22.0. The summed E-state index contributed by atoms with van der Waals surface area (Å²) in [6, 6.07) is 7.22. The molecule has 7 rings (SSSR count). The van der Waals surface area contributed by atoms with E-state index in [1.807, 2.05) is 21.6 Å². The molecule has 14 heteroatoms. The molecule has 208 valence electrons. The van der Waals surface area contributed by atoms with Crippen LogP contribution in [0.15, 0.2) is 49.3 Å². The number of fused-ring (bicyclic) bond motifs is 2. The number of imidazole rings is 1. The summed E-state index contributed by atoms with van der Waals surface area (Å²) in [5, 5.41) is 8.43. The van der Waals surface area contributed by atoms with Crippen LogP contribution in [-0.2, 0) is 26.3 Å². The summed E-state index contributed by atoms with van der Waals surface area (Å²) in [6.07, 6.45) is 3.50. The Morgan fingerprint density at radius 3 is 2.56 bits per heavy atom. The largest absolute Gasteiger partial charge is 0.480 e. The number of anilines is 2. The Bertz CT molecular complexity index is 1760. The van der Waals surface area contributed by atoms with Gasteiger partial charge >= 0.3 is 6.18 Å². The first-order chi connectivity index (χ1) is 19.8. The van der Waals surface area contributed by atoms with Crippen molar-refractivity contribution in [1.82, 2.24) is 44.3 Å². The molecule has 1 saturated carbocycles. The van der Waals surface area contributed by atoms with E-state index < -0.39 is 11.9 Å². The first-order valence-electron chi connectivity index (χ1n) is 12.9. The minimum atomic E-state index is -4.51. The van der Waals surface area contributed by atoms with Crippen LogP contribution in [0.4, 0.5) is 24.9 Å². The summed E-state index contributed by atoms with van der Waals surface area (Å²) in [6.45, 7) is 0.890. The SMILES string of the molecule is COc1ncnc(C2CC2)c1-c1ncc2c(n1)N(Cc1ccc(-c3nc(C(F)(F)F)cn3C)cc1)c1nncn1C2. The lowest BCUT2D eigenvalue weighted by molar-refractivity contribution is -0.140. The van der Waals surface area contributed by atoms with Crippen LogP contribution in [0.5, 0.6) is 5.88 Å². The maximum Gasteiger partial charge on any atom is 0.434 e. The second kappa shape index (κ2) is 9.35. The van der Waals surface area contributed by atoms with Gasteiger partial charge in [-0.1, -0.05) is 24.3 Å². The fourth-order valence-electron chi connectivity index (χ4n) is 5.08. The highest BCUT2D eigenvalue weighted by atomic mass is 19.4.